The molecule has 0 bridgehead atoms. The number of carbonyl (C=O) groups is 1. The fraction of sp³-hybridized carbons (Fsp3) is 0.294. The highest BCUT2D eigenvalue weighted by atomic mass is 16.2. The topological polar surface area (TPSA) is 81.9 Å². The standard InChI is InChI=1S/C17H17N5O/c18-12-13-6-2-3-7-14(13)20-17-19-9-8-15(21-17)16(23)22-10-4-1-5-11-22/h2-3,6-9H,1,4-5,10-11H2,(H,19,20,21). The Bertz CT molecular complexity index is 747. The lowest BCUT2D eigenvalue weighted by Crippen LogP contribution is -2.36. The Kier molecular flexibility index (Phi) is 4.48. The fourth-order valence-corrected chi connectivity index (χ4v) is 2.61. The second-order valence-electron chi connectivity index (χ2n) is 5.40. The third-order valence-electron chi connectivity index (χ3n) is 3.81. The molecule has 0 radical (unpaired) electrons. The lowest BCUT2D eigenvalue weighted by molar-refractivity contribution is 0.0718. The molecule has 1 aliphatic rings. The smallest absolute Gasteiger partial charge is 0.272 e. The monoisotopic (exact) mass is 307 g/mol. The predicted molar refractivity (Wildman–Crippen MR) is 86.2 cm³/mol. The van der Waals surface area contributed by atoms with Gasteiger partial charge in [-0.25, -0.2) is 9.97 Å². The molecule has 2 aromatic rings. The van der Waals surface area contributed by atoms with Gasteiger partial charge in [-0.15, -0.1) is 0 Å². The molecule has 3 rings (SSSR count). The molecule has 0 spiro atoms. The Morgan fingerprint density at radius 2 is 1.96 bits per heavy atom. The summed E-state index contributed by atoms with van der Waals surface area (Å²) in [6.07, 6.45) is 4.81. The highest BCUT2D eigenvalue weighted by Gasteiger charge is 2.19. The van der Waals surface area contributed by atoms with Crippen molar-refractivity contribution in [3.8, 4) is 6.07 Å². The summed E-state index contributed by atoms with van der Waals surface area (Å²) in [5.41, 5.74) is 1.50. The van der Waals surface area contributed by atoms with E-state index >= 15 is 0 Å². The minimum Gasteiger partial charge on any atom is -0.337 e. The summed E-state index contributed by atoms with van der Waals surface area (Å²) in [6, 6.07) is 10.8. The number of piperidine rings is 1. The SMILES string of the molecule is N#Cc1ccccc1Nc1nccc(C(=O)N2CCCCC2)n1. The van der Waals surface area contributed by atoms with Gasteiger partial charge in [0, 0.05) is 19.3 Å². The minimum absolute atomic E-state index is 0.0660. The highest BCUT2D eigenvalue weighted by molar-refractivity contribution is 5.92. The van der Waals surface area contributed by atoms with E-state index in [1.807, 2.05) is 11.0 Å². The zero-order chi connectivity index (χ0) is 16.1. The van der Waals surface area contributed by atoms with Crippen molar-refractivity contribution < 1.29 is 4.79 Å². The Balaban J connectivity index is 1.80. The molecule has 6 nitrogen and oxygen atoms in total. The van der Waals surface area contributed by atoms with Crippen LogP contribution in [0.2, 0.25) is 0 Å². The van der Waals surface area contributed by atoms with Gasteiger partial charge in [0.15, 0.2) is 0 Å². The Labute approximate surface area is 134 Å². The van der Waals surface area contributed by atoms with E-state index in [0.717, 1.165) is 25.9 Å². The van der Waals surface area contributed by atoms with E-state index in [2.05, 4.69) is 21.4 Å². The maximum absolute atomic E-state index is 12.5. The van der Waals surface area contributed by atoms with Gasteiger partial charge in [-0.1, -0.05) is 12.1 Å². The van der Waals surface area contributed by atoms with Crippen LogP contribution in [0.4, 0.5) is 11.6 Å². The van der Waals surface area contributed by atoms with Gasteiger partial charge in [0.2, 0.25) is 5.95 Å². The molecule has 0 atom stereocenters. The molecular weight excluding hydrogens is 290 g/mol. The average Bonchev–Trinajstić information content (AvgIpc) is 2.62. The van der Waals surface area contributed by atoms with E-state index in [1.165, 1.54) is 6.42 Å². The van der Waals surface area contributed by atoms with E-state index in [9.17, 15) is 4.79 Å². The fourth-order valence-electron chi connectivity index (χ4n) is 2.61. The van der Waals surface area contributed by atoms with E-state index in [-0.39, 0.29) is 5.91 Å². The first-order chi connectivity index (χ1) is 11.3. The van der Waals surface area contributed by atoms with Crippen LogP contribution in [-0.2, 0) is 0 Å². The molecule has 116 valence electrons. The van der Waals surface area contributed by atoms with Crippen molar-refractivity contribution >= 4 is 17.5 Å². The molecule has 1 aromatic heterocycles. The van der Waals surface area contributed by atoms with Gasteiger partial charge in [0.05, 0.1) is 11.3 Å². The third kappa shape index (κ3) is 3.46. The molecule has 1 amide bonds. The second kappa shape index (κ2) is 6.88. The first kappa shape index (κ1) is 15.0. The Morgan fingerprint density at radius 1 is 1.17 bits per heavy atom. The summed E-state index contributed by atoms with van der Waals surface area (Å²) in [7, 11) is 0. The molecule has 1 fully saturated rings. The first-order valence-corrected chi connectivity index (χ1v) is 7.66. The maximum atomic E-state index is 12.5. The quantitative estimate of drug-likeness (QED) is 0.942. The number of nitrogens with zero attached hydrogens (tertiary/aromatic N) is 4. The zero-order valence-electron chi connectivity index (χ0n) is 12.7. The molecule has 1 N–H and O–H groups in total. The third-order valence-corrected chi connectivity index (χ3v) is 3.81. The Hall–Kier alpha value is -2.94. The normalized spacial score (nSPS) is 14.1. The number of nitrogens with one attached hydrogen (secondary N) is 1. The molecule has 0 aliphatic carbocycles. The first-order valence-electron chi connectivity index (χ1n) is 7.66. The van der Waals surface area contributed by atoms with Crippen LogP contribution in [0.5, 0.6) is 0 Å². The summed E-state index contributed by atoms with van der Waals surface area (Å²) in [5.74, 6) is 0.249. The number of likely N-dealkylation sites (tertiary alicyclic amines) is 1. The van der Waals surface area contributed by atoms with Crippen LogP contribution in [-0.4, -0.2) is 33.9 Å². The number of benzene rings is 1. The van der Waals surface area contributed by atoms with Crippen LogP contribution >= 0.6 is 0 Å². The zero-order valence-corrected chi connectivity index (χ0v) is 12.7. The van der Waals surface area contributed by atoms with Crippen molar-refractivity contribution in [3.63, 3.8) is 0 Å². The Morgan fingerprint density at radius 3 is 2.74 bits per heavy atom. The van der Waals surface area contributed by atoms with Gasteiger partial charge in [0.25, 0.3) is 5.91 Å². The van der Waals surface area contributed by atoms with Crippen LogP contribution in [0.15, 0.2) is 36.5 Å². The van der Waals surface area contributed by atoms with Crippen molar-refractivity contribution in [3.05, 3.63) is 47.8 Å². The summed E-state index contributed by atoms with van der Waals surface area (Å²) in [4.78, 5) is 22.7. The highest BCUT2D eigenvalue weighted by Crippen LogP contribution is 2.18. The van der Waals surface area contributed by atoms with Crippen LogP contribution in [0.1, 0.15) is 35.3 Å². The van der Waals surface area contributed by atoms with Gasteiger partial charge in [-0.05, 0) is 37.5 Å². The van der Waals surface area contributed by atoms with Crippen LogP contribution in [0.25, 0.3) is 0 Å². The lowest BCUT2D eigenvalue weighted by atomic mass is 10.1. The summed E-state index contributed by atoms with van der Waals surface area (Å²) in [5, 5.41) is 12.1. The number of rotatable bonds is 3. The van der Waals surface area contributed by atoms with E-state index in [4.69, 9.17) is 5.26 Å². The van der Waals surface area contributed by atoms with Crippen LogP contribution < -0.4 is 5.32 Å². The van der Waals surface area contributed by atoms with Crippen molar-refractivity contribution in [2.75, 3.05) is 18.4 Å². The predicted octanol–water partition coefficient (Wildman–Crippen LogP) is 2.72. The number of amides is 1. The molecule has 6 heteroatoms. The van der Waals surface area contributed by atoms with E-state index < -0.39 is 0 Å². The minimum atomic E-state index is -0.0660. The summed E-state index contributed by atoms with van der Waals surface area (Å²) < 4.78 is 0. The lowest BCUT2D eigenvalue weighted by Gasteiger charge is -2.26. The van der Waals surface area contributed by atoms with Crippen molar-refractivity contribution in [2.45, 2.75) is 19.3 Å². The van der Waals surface area contributed by atoms with Crippen molar-refractivity contribution in [1.82, 2.24) is 14.9 Å². The maximum Gasteiger partial charge on any atom is 0.272 e. The molecule has 0 saturated carbocycles. The number of carbonyl (C=O) groups excluding carboxylic acids is 1. The number of anilines is 2. The van der Waals surface area contributed by atoms with Gasteiger partial charge < -0.3 is 10.2 Å². The molecule has 1 aliphatic heterocycles. The van der Waals surface area contributed by atoms with Crippen molar-refractivity contribution in [2.24, 2.45) is 0 Å². The molecule has 2 heterocycles. The number of para-hydroxylation sites is 1. The number of hydrogen-bond acceptors (Lipinski definition) is 5. The molecule has 23 heavy (non-hydrogen) atoms. The molecule has 1 aromatic carbocycles. The number of aromatic nitrogens is 2. The largest absolute Gasteiger partial charge is 0.337 e. The summed E-state index contributed by atoms with van der Waals surface area (Å²) in [6.45, 7) is 1.56. The molecule has 0 unspecified atom stereocenters. The van der Waals surface area contributed by atoms with E-state index in [0.29, 0.717) is 22.9 Å². The van der Waals surface area contributed by atoms with Crippen molar-refractivity contribution in [1.29, 1.82) is 5.26 Å². The molecular formula is C17H17N5O. The molecule has 1 saturated heterocycles. The summed E-state index contributed by atoms with van der Waals surface area (Å²) >= 11 is 0. The van der Waals surface area contributed by atoms with Gasteiger partial charge >= 0.3 is 0 Å². The van der Waals surface area contributed by atoms with Gasteiger partial charge in [-0.2, -0.15) is 5.26 Å². The number of hydrogen-bond donors (Lipinski definition) is 1. The van der Waals surface area contributed by atoms with Crippen LogP contribution in [0, 0.1) is 11.3 Å². The average molecular weight is 307 g/mol. The second-order valence-corrected chi connectivity index (χ2v) is 5.40. The van der Waals surface area contributed by atoms with Crippen LogP contribution in [0.3, 0.4) is 0 Å². The number of nitriles is 1. The van der Waals surface area contributed by atoms with E-state index in [1.54, 1.807) is 30.5 Å². The van der Waals surface area contributed by atoms with Gasteiger partial charge in [-0.3, -0.25) is 4.79 Å². The van der Waals surface area contributed by atoms with Gasteiger partial charge in [0.1, 0.15) is 11.8 Å².